The van der Waals surface area contributed by atoms with Crippen molar-refractivity contribution < 1.29 is 9.53 Å². The van der Waals surface area contributed by atoms with Crippen LogP contribution >= 0.6 is 0 Å². The number of H-pyrrole nitrogens is 1. The van der Waals surface area contributed by atoms with Crippen molar-refractivity contribution in [1.82, 2.24) is 9.97 Å². The molecular weight excluding hydrogens is 252 g/mol. The van der Waals surface area contributed by atoms with Gasteiger partial charge < -0.3 is 9.72 Å². The van der Waals surface area contributed by atoms with E-state index >= 15 is 0 Å². The summed E-state index contributed by atoms with van der Waals surface area (Å²) in [5, 5.41) is 0. The molecule has 4 heteroatoms. The van der Waals surface area contributed by atoms with Gasteiger partial charge in [0.1, 0.15) is 5.82 Å². The fraction of sp³-hybridized carbons (Fsp3) is 0.375. The van der Waals surface area contributed by atoms with Gasteiger partial charge in [-0.15, -0.1) is 0 Å². The van der Waals surface area contributed by atoms with Crippen LogP contribution in [0.3, 0.4) is 0 Å². The third kappa shape index (κ3) is 2.90. The highest BCUT2D eigenvalue weighted by Gasteiger charge is 2.25. The number of nitrogens with one attached hydrogen (secondary N) is 1. The van der Waals surface area contributed by atoms with Crippen molar-refractivity contribution in [3.63, 3.8) is 0 Å². The molecule has 106 valence electrons. The van der Waals surface area contributed by atoms with Gasteiger partial charge in [0.25, 0.3) is 0 Å². The molecule has 0 fully saturated rings. The third-order valence-corrected chi connectivity index (χ3v) is 2.95. The van der Waals surface area contributed by atoms with Gasteiger partial charge in [-0.3, -0.25) is 0 Å². The highest BCUT2D eigenvalue weighted by Crippen LogP contribution is 2.27. The second kappa shape index (κ2) is 5.49. The highest BCUT2D eigenvalue weighted by molar-refractivity contribution is 5.94. The Labute approximate surface area is 119 Å². The monoisotopic (exact) mass is 272 g/mol. The van der Waals surface area contributed by atoms with Crippen LogP contribution in [0.25, 0.3) is 11.3 Å². The van der Waals surface area contributed by atoms with E-state index < -0.39 is 5.97 Å². The average molecular weight is 272 g/mol. The second-order valence-corrected chi connectivity index (χ2v) is 5.65. The predicted octanol–water partition coefficient (Wildman–Crippen LogP) is 3.55. The molecule has 0 unspecified atom stereocenters. The Balaban J connectivity index is 2.54. The van der Waals surface area contributed by atoms with Gasteiger partial charge in [0.15, 0.2) is 5.69 Å². The molecule has 0 aliphatic carbocycles. The number of esters is 1. The Bertz CT molecular complexity index is 595. The first kappa shape index (κ1) is 14.3. The van der Waals surface area contributed by atoms with Crippen LogP contribution in [-0.4, -0.2) is 22.5 Å². The van der Waals surface area contributed by atoms with Crippen molar-refractivity contribution in [3.05, 3.63) is 41.9 Å². The van der Waals surface area contributed by atoms with Crippen molar-refractivity contribution in [2.45, 2.75) is 33.1 Å². The number of carbonyl (C=O) groups excluding carboxylic acids is 1. The van der Waals surface area contributed by atoms with Crippen LogP contribution < -0.4 is 0 Å². The van der Waals surface area contributed by atoms with Gasteiger partial charge >= 0.3 is 5.97 Å². The smallest absolute Gasteiger partial charge is 0.359 e. The summed E-state index contributed by atoms with van der Waals surface area (Å²) in [7, 11) is 0. The molecule has 20 heavy (non-hydrogen) atoms. The Hall–Kier alpha value is -2.10. The fourth-order valence-electron chi connectivity index (χ4n) is 1.89. The molecule has 4 nitrogen and oxygen atoms in total. The largest absolute Gasteiger partial charge is 0.461 e. The molecule has 1 aromatic heterocycles. The standard InChI is InChI=1S/C16H20N2O2/c1-5-20-14(19)13-12(11-9-7-6-8-10-11)17-15(18-13)16(2,3)4/h6-10H,5H2,1-4H3,(H,17,18). The van der Waals surface area contributed by atoms with Crippen molar-refractivity contribution in [2.75, 3.05) is 6.61 Å². The molecule has 1 heterocycles. The fourth-order valence-corrected chi connectivity index (χ4v) is 1.89. The molecular formula is C16H20N2O2. The Morgan fingerprint density at radius 1 is 1.25 bits per heavy atom. The van der Waals surface area contributed by atoms with E-state index in [2.05, 4.69) is 30.7 Å². The first-order valence-electron chi connectivity index (χ1n) is 6.76. The van der Waals surface area contributed by atoms with Crippen molar-refractivity contribution in [3.8, 4) is 11.3 Å². The van der Waals surface area contributed by atoms with Gasteiger partial charge in [0.05, 0.1) is 12.3 Å². The van der Waals surface area contributed by atoms with Crippen LogP contribution in [0.15, 0.2) is 30.3 Å². The zero-order chi connectivity index (χ0) is 14.8. The second-order valence-electron chi connectivity index (χ2n) is 5.65. The quantitative estimate of drug-likeness (QED) is 0.869. The zero-order valence-electron chi connectivity index (χ0n) is 12.4. The van der Waals surface area contributed by atoms with E-state index in [1.165, 1.54) is 0 Å². The van der Waals surface area contributed by atoms with Crippen LogP contribution in [0.2, 0.25) is 0 Å². The van der Waals surface area contributed by atoms with Crippen LogP contribution in [0.5, 0.6) is 0 Å². The summed E-state index contributed by atoms with van der Waals surface area (Å²) in [6, 6.07) is 9.70. The summed E-state index contributed by atoms with van der Waals surface area (Å²) in [5.74, 6) is 0.387. The molecule has 0 atom stereocenters. The number of carbonyl (C=O) groups is 1. The first-order chi connectivity index (χ1) is 9.43. The number of benzene rings is 1. The number of hydrogen-bond acceptors (Lipinski definition) is 3. The lowest BCUT2D eigenvalue weighted by molar-refractivity contribution is 0.0521. The lowest BCUT2D eigenvalue weighted by Gasteiger charge is -2.14. The minimum absolute atomic E-state index is 0.158. The molecule has 0 saturated carbocycles. The van der Waals surface area contributed by atoms with Crippen LogP contribution in [-0.2, 0) is 10.2 Å². The highest BCUT2D eigenvalue weighted by atomic mass is 16.5. The maximum Gasteiger partial charge on any atom is 0.359 e. The van der Waals surface area contributed by atoms with Gasteiger partial charge in [0.2, 0.25) is 0 Å². The van der Waals surface area contributed by atoms with Crippen molar-refractivity contribution in [2.24, 2.45) is 0 Å². The Kier molecular flexibility index (Phi) is 3.93. The average Bonchev–Trinajstić information content (AvgIpc) is 2.85. The van der Waals surface area contributed by atoms with Gasteiger partial charge in [-0.2, -0.15) is 0 Å². The number of ether oxygens (including phenoxy) is 1. The molecule has 0 aliphatic rings. The van der Waals surface area contributed by atoms with Crippen molar-refractivity contribution in [1.29, 1.82) is 0 Å². The van der Waals surface area contributed by atoms with E-state index in [-0.39, 0.29) is 5.41 Å². The van der Waals surface area contributed by atoms with Gasteiger partial charge in [-0.05, 0) is 6.92 Å². The number of imidazole rings is 1. The first-order valence-corrected chi connectivity index (χ1v) is 6.76. The van der Waals surface area contributed by atoms with Crippen molar-refractivity contribution >= 4 is 5.97 Å². The minimum Gasteiger partial charge on any atom is -0.461 e. The van der Waals surface area contributed by atoms with E-state index in [1.807, 2.05) is 30.3 Å². The summed E-state index contributed by atoms with van der Waals surface area (Å²) in [6.45, 7) is 8.28. The van der Waals surface area contributed by atoms with Crippen LogP contribution in [0.4, 0.5) is 0 Å². The van der Waals surface area contributed by atoms with E-state index in [0.29, 0.717) is 18.0 Å². The van der Waals surface area contributed by atoms with Gasteiger partial charge in [0, 0.05) is 11.0 Å². The number of rotatable bonds is 3. The molecule has 1 N–H and O–H groups in total. The molecule has 0 aliphatic heterocycles. The minimum atomic E-state index is -0.391. The summed E-state index contributed by atoms with van der Waals surface area (Å²) in [5.41, 5.74) is 1.84. The molecule has 0 radical (unpaired) electrons. The van der Waals surface area contributed by atoms with E-state index in [9.17, 15) is 4.79 Å². The predicted molar refractivity (Wildman–Crippen MR) is 78.7 cm³/mol. The third-order valence-electron chi connectivity index (χ3n) is 2.95. The molecule has 0 saturated heterocycles. The summed E-state index contributed by atoms with van der Waals surface area (Å²) >= 11 is 0. The lowest BCUT2D eigenvalue weighted by atomic mass is 9.96. The van der Waals surface area contributed by atoms with Crippen LogP contribution in [0.1, 0.15) is 44.0 Å². The molecule has 0 bridgehead atoms. The number of aromatic nitrogens is 2. The number of nitrogens with zero attached hydrogens (tertiary/aromatic N) is 1. The van der Waals surface area contributed by atoms with E-state index in [4.69, 9.17) is 4.74 Å². The summed E-state index contributed by atoms with van der Waals surface area (Å²) < 4.78 is 5.09. The number of aromatic amines is 1. The lowest BCUT2D eigenvalue weighted by Crippen LogP contribution is -2.14. The molecule has 1 aromatic carbocycles. The SMILES string of the molecule is CCOC(=O)c1nc(C(C)(C)C)[nH]c1-c1ccccc1. The molecule has 0 spiro atoms. The summed E-state index contributed by atoms with van der Waals surface area (Å²) in [4.78, 5) is 19.8. The Morgan fingerprint density at radius 3 is 2.45 bits per heavy atom. The van der Waals surface area contributed by atoms with E-state index in [0.717, 1.165) is 11.4 Å². The zero-order valence-corrected chi connectivity index (χ0v) is 12.4. The maximum atomic E-state index is 12.1. The molecule has 2 aromatic rings. The Morgan fingerprint density at radius 2 is 1.90 bits per heavy atom. The van der Waals surface area contributed by atoms with E-state index in [1.54, 1.807) is 6.92 Å². The van der Waals surface area contributed by atoms with Gasteiger partial charge in [-0.25, -0.2) is 9.78 Å². The normalized spacial score (nSPS) is 11.4. The topological polar surface area (TPSA) is 55.0 Å². The van der Waals surface area contributed by atoms with Gasteiger partial charge in [-0.1, -0.05) is 51.1 Å². The molecule has 2 rings (SSSR count). The molecule has 0 amide bonds. The maximum absolute atomic E-state index is 12.1. The van der Waals surface area contributed by atoms with Crippen LogP contribution in [0, 0.1) is 0 Å². The number of hydrogen-bond donors (Lipinski definition) is 1. The summed E-state index contributed by atoms with van der Waals surface area (Å²) in [6.07, 6.45) is 0.